The molecule has 1 unspecified atom stereocenters. The minimum absolute atomic E-state index is 0.0234. The Morgan fingerprint density at radius 1 is 1.39 bits per heavy atom. The van der Waals surface area contributed by atoms with Crippen LogP contribution in [0.4, 0.5) is 8.78 Å². The smallest absolute Gasteiger partial charge is 0.286 e. The van der Waals surface area contributed by atoms with Gasteiger partial charge >= 0.3 is 0 Å². The summed E-state index contributed by atoms with van der Waals surface area (Å²) in [6.45, 7) is 2.70. The van der Waals surface area contributed by atoms with Gasteiger partial charge in [-0.3, -0.25) is 9.78 Å². The summed E-state index contributed by atoms with van der Waals surface area (Å²) in [7, 11) is 1.98. The molecule has 0 radical (unpaired) electrons. The summed E-state index contributed by atoms with van der Waals surface area (Å²) >= 11 is 0. The van der Waals surface area contributed by atoms with Crippen molar-refractivity contribution in [3.8, 4) is 0 Å². The third-order valence-corrected chi connectivity index (χ3v) is 3.74. The molecule has 0 fully saturated rings. The molecule has 1 atom stereocenters. The zero-order valence-electron chi connectivity index (χ0n) is 13.5. The van der Waals surface area contributed by atoms with Crippen LogP contribution in [0.5, 0.6) is 0 Å². The number of carbonyl (C=O) groups is 1. The minimum Gasteiger partial charge on any atom is -0.354 e. The van der Waals surface area contributed by atoms with Crippen molar-refractivity contribution >= 4 is 5.91 Å². The van der Waals surface area contributed by atoms with Gasteiger partial charge in [-0.1, -0.05) is 0 Å². The number of halogens is 2. The van der Waals surface area contributed by atoms with Crippen LogP contribution in [-0.4, -0.2) is 21.5 Å². The normalized spacial score (nSPS) is 12.9. The highest BCUT2D eigenvalue weighted by molar-refractivity contribution is 5.94. The summed E-state index contributed by atoms with van der Waals surface area (Å²) < 4.78 is 28.2. The van der Waals surface area contributed by atoms with Gasteiger partial charge in [-0.25, -0.2) is 0 Å². The van der Waals surface area contributed by atoms with Crippen molar-refractivity contribution in [2.24, 2.45) is 7.05 Å². The summed E-state index contributed by atoms with van der Waals surface area (Å²) in [5, 5.41) is 2.86. The van der Waals surface area contributed by atoms with E-state index in [0.717, 1.165) is 19.8 Å². The van der Waals surface area contributed by atoms with Gasteiger partial charge in [-0.15, -0.1) is 0 Å². The molecule has 1 amide bonds. The maximum Gasteiger partial charge on any atom is 0.286 e. The molecule has 0 aromatic carbocycles. The van der Waals surface area contributed by atoms with Crippen LogP contribution in [0.1, 0.15) is 42.0 Å². The molecule has 6 heteroatoms. The fourth-order valence-electron chi connectivity index (χ4n) is 2.29. The fraction of sp³-hybridized carbons (Fsp3) is 0.412. The second-order valence-electron chi connectivity index (χ2n) is 5.84. The summed E-state index contributed by atoms with van der Waals surface area (Å²) in [5.41, 5.74) is 1.14. The van der Waals surface area contributed by atoms with Gasteiger partial charge in [0.05, 0.1) is 5.56 Å². The Labute approximate surface area is 134 Å². The molecule has 2 heterocycles. The van der Waals surface area contributed by atoms with Gasteiger partial charge in [-0.05, 0) is 44.0 Å². The number of pyridine rings is 1. The zero-order chi connectivity index (χ0) is 17.0. The van der Waals surface area contributed by atoms with E-state index in [1.807, 2.05) is 36.9 Å². The predicted molar refractivity (Wildman–Crippen MR) is 84.5 cm³/mol. The van der Waals surface area contributed by atoms with Crippen molar-refractivity contribution in [2.45, 2.75) is 38.7 Å². The first-order chi connectivity index (χ1) is 10.8. The highest BCUT2D eigenvalue weighted by Crippen LogP contribution is 2.24. The number of hydrogen-bond donors (Lipinski definition) is 1. The molecule has 2 aromatic rings. The molecule has 0 spiro atoms. The van der Waals surface area contributed by atoms with E-state index in [1.165, 1.54) is 24.0 Å². The van der Waals surface area contributed by atoms with E-state index in [4.69, 9.17) is 0 Å². The topological polar surface area (TPSA) is 46.9 Å². The summed E-state index contributed by atoms with van der Waals surface area (Å²) in [5.74, 6) is -3.31. The molecule has 0 aliphatic rings. The second kappa shape index (κ2) is 6.89. The Balaban J connectivity index is 1.89. The molecule has 0 saturated heterocycles. The van der Waals surface area contributed by atoms with Crippen molar-refractivity contribution in [3.63, 3.8) is 0 Å². The maximum absolute atomic E-state index is 13.1. The number of rotatable bonds is 6. The lowest BCUT2D eigenvalue weighted by Gasteiger charge is -2.15. The van der Waals surface area contributed by atoms with Crippen LogP contribution in [-0.2, 0) is 19.4 Å². The number of amides is 1. The monoisotopic (exact) mass is 321 g/mol. The number of carbonyl (C=O) groups excluding carboxylic acids is 1. The first kappa shape index (κ1) is 17.1. The van der Waals surface area contributed by atoms with Crippen LogP contribution < -0.4 is 5.32 Å². The Hall–Kier alpha value is -2.24. The highest BCUT2D eigenvalue weighted by atomic mass is 19.3. The second-order valence-corrected chi connectivity index (χ2v) is 5.84. The Morgan fingerprint density at radius 3 is 2.65 bits per heavy atom. The third kappa shape index (κ3) is 4.61. The van der Waals surface area contributed by atoms with Gasteiger partial charge in [-0.2, -0.15) is 8.78 Å². The van der Waals surface area contributed by atoms with Crippen LogP contribution in [0.3, 0.4) is 0 Å². The molecule has 0 saturated carbocycles. The lowest BCUT2D eigenvalue weighted by Crippen LogP contribution is -2.33. The fourth-order valence-corrected chi connectivity index (χ4v) is 2.29. The van der Waals surface area contributed by atoms with Crippen molar-refractivity contribution in [1.82, 2.24) is 14.9 Å². The largest absolute Gasteiger partial charge is 0.354 e. The quantitative estimate of drug-likeness (QED) is 0.887. The van der Waals surface area contributed by atoms with E-state index in [1.54, 1.807) is 0 Å². The Bertz CT molecular complexity index is 659. The number of aromatic nitrogens is 2. The van der Waals surface area contributed by atoms with Crippen LogP contribution >= 0.6 is 0 Å². The number of nitrogens with one attached hydrogen (secondary N) is 1. The van der Waals surface area contributed by atoms with Crippen LogP contribution in [0.2, 0.25) is 0 Å². The van der Waals surface area contributed by atoms with E-state index in [0.29, 0.717) is 0 Å². The molecule has 2 rings (SSSR count). The van der Waals surface area contributed by atoms with E-state index in [2.05, 4.69) is 10.3 Å². The lowest BCUT2D eigenvalue weighted by molar-refractivity contribution is 0.0127. The highest BCUT2D eigenvalue weighted by Gasteiger charge is 2.26. The molecule has 0 aliphatic carbocycles. The lowest BCUT2D eigenvalue weighted by atomic mass is 10.1. The van der Waals surface area contributed by atoms with Gasteiger partial charge in [0.2, 0.25) is 0 Å². The molecular formula is C17H21F2N3O. The number of alkyl halides is 2. The van der Waals surface area contributed by atoms with Crippen molar-refractivity contribution in [1.29, 1.82) is 0 Å². The molecule has 0 aliphatic heterocycles. The summed E-state index contributed by atoms with van der Waals surface area (Å²) in [4.78, 5) is 15.8. The summed E-state index contributed by atoms with van der Waals surface area (Å²) in [6, 6.07) is 6.56. The molecular weight excluding hydrogens is 300 g/mol. The average molecular weight is 321 g/mol. The molecule has 23 heavy (non-hydrogen) atoms. The first-order valence-corrected chi connectivity index (χ1v) is 7.53. The molecule has 1 N–H and O–H groups in total. The van der Waals surface area contributed by atoms with Gasteiger partial charge in [0.15, 0.2) is 0 Å². The molecule has 124 valence electrons. The van der Waals surface area contributed by atoms with Crippen LogP contribution in [0.15, 0.2) is 36.7 Å². The van der Waals surface area contributed by atoms with Gasteiger partial charge in [0.25, 0.3) is 11.8 Å². The number of nitrogens with zero attached hydrogens (tertiary/aromatic N) is 2. The van der Waals surface area contributed by atoms with Crippen LogP contribution in [0, 0.1) is 0 Å². The Morgan fingerprint density at radius 2 is 2.13 bits per heavy atom. The number of aryl methyl sites for hydroxylation is 2. The van der Waals surface area contributed by atoms with E-state index >= 15 is 0 Å². The van der Waals surface area contributed by atoms with Gasteiger partial charge in [0.1, 0.15) is 5.69 Å². The minimum atomic E-state index is -3.00. The molecule has 4 nitrogen and oxygen atoms in total. The predicted octanol–water partition coefficient (Wildman–Crippen LogP) is 3.28. The van der Waals surface area contributed by atoms with Gasteiger partial charge in [0, 0.05) is 38.1 Å². The van der Waals surface area contributed by atoms with Crippen molar-refractivity contribution < 1.29 is 13.6 Å². The van der Waals surface area contributed by atoms with Crippen LogP contribution in [0.25, 0.3) is 0 Å². The third-order valence-electron chi connectivity index (χ3n) is 3.74. The summed E-state index contributed by atoms with van der Waals surface area (Å²) in [6.07, 6.45) is 4.81. The Kier molecular flexibility index (Phi) is 5.13. The van der Waals surface area contributed by atoms with E-state index in [-0.39, 0.29) is 23.2 Å². The first-order valence-electron chi connectivity index (χ1n) is 7.53. The zero-order valence-corrected chi connectivity index (χ0v) is 13.5. The molecule has 0 bridgehead atoms. The maximum atomic E-state index is 13.1. The van der Waals surface area contributed by atoms with Crippen molar-refractivity contribution in [3.05, 3.63) is 53.6 Å². The SMILES string of the molecule is CC(CCc1cccn1C)NC(=O)c1ccc(C(C)(F)F)nc1. The van der Waals surface area contributed by atoms with Gasteiger partial charge < -0.3 is 9.88 Å². The average Bonchev–Trinajstić information content (AvgIpc) is 2.89. The molecule has 2 aromatic heterocycles. The van der Waals surface area contributed by atoms with Crippen molar-refractivity contribution in [2.75, 3.05) is 0 Å². The van der Waals surface area contributed by atoms with E-state index in [9.17, 15) is 13.6 Å². The number of hydrogen-bond acceptors (Lipinski definition) is 2. The van der Waals surface area contributed by atoms with E-state index < -0.39 is 5.92 Å². The standard InChI is InChI=1S/C17H21F2N3O/c1-12(6-8-14-5-4-10-22(14)3)21-16(23)13-7-9-15(20-11-13)17(2,18)19/h4-5,7,9-12H,6,8H2,1-3H3,(H,21,23).